The Labute approximate surface area is 119 Å². The van der Waals surface area contributed by atoms with Crippen LogP contribution in [0.25, 0.3) is 0 Å². The molecule has 0 aliphatic rings. The highest BCUT2D eigenvalue weighted by molar-refractivity contribution is 5.37. The molecule has 0 saturated carbocycles. The van der Waals surface area contributed by atoms with E-state index < -0.39 is 0 Å². The second-order valence-electron chi connectivity index (χ2n) is 4.57. The molecular formula is C16H20N2O2. The predicted octanol–water partition coefficient (Wildman–Crippen LogP) is 2.97. The largest absolute Gasteiger partial charge is 0.489 e. The molecule has 1 aromatic carbocycles. The third kappa shape index (κ3) is 4.24. The lowest BCUT2D eigenvalue weighted by molar-refractivity contribution is 0.280. The van der Waals surface area contributed by atoms with Gasteiger partial charge < -0.3 is 15.2 Å². The maximum Gasteiger partial charge on any atom is 0.126 e. The summed E-state index contributed by atoms with van der Waals surface area (Å²) in [6.07, 6.45) is 2.85. The molecule has 1 heterocycles. The lowest BCUT2D eigenvalue weighted by Crippen LogP contribution is -2.03. The number of hydrogen-bond donors (Lipinski definition) is 2. The molecule has 0 radical (unpaired) electrons. The van der Waals surface area contributed by atoms with Gasteiger partial charge in [-0.1, -0.05) is 19.1 Å². The summed E-state index contributed by atoms with van der Waals surface area (Å²) >= 11 is 0. The Bertz CT molecular complexity index is 526. The van der Waals surface area contributed by atoms with Crippen molar-refractivity contribution in [2.45, 2.75) is 26.6 Å². The summed E-state index contributed by atoms with van der Waals surface area (Å²) in [5.74, 6) is 1.67. The normalized spacial score (nSPS) is 10.3. The van der Waals surface area contributed by atoms with Crippen molar-refractivity contribution < 1.29 is 9.84 Å². The Kier molecular flexibility index (Phi) is 5.38. The number of rotatable bonds is 7. The minimum atomic E-state index is 0.0527. The topological polar surface area (TPSA) is 54.4 Å². The molecule has 2 rings (SSSR count). The van der Waals surface area contributed by atoms with Crippen LogP contribution in [0.2, 0.25) is 0 Å². The molecule has 0 unspecified atom stereocenters. The predicted molar refractivity (Wildman–Crippen MR) is 79.7 cm³/mol. The monoisotopic (exact) mass is 272 g/mol. The van der Waals surface area contributed by atoms with E-state index in [1.807, 2.05) is 36.4 Å². The number of ether oxygens (including phenoxy) is 1. The van der Waals surface area contributed by atoms with Crippen molar-refractivity contribution in [3.63, 3.8) is 0 Å². The fraction of sp³-hybridized carbons (Fsp3) is 0.312. The highest BCUT2D eigenvalue weighted by atomic mass is 16.5. The van der Waals surface area contributed by atoms with Gasteiger partial charge in [0, 0.05) is 12.7 Å². The molecule has 106 valence electrons. The SMILES string of the molecule is CCCNc1cc(COc2ccc(CO)cc2)ccn1. The van der Waals surface area contributed by atoms with Gasteiger partial charge in [-0.15, -0.1) is 0 Å². The lowest BCUT2D eigenvalue weighted by atomic mass is 10.2. The summed E-state index contributed by atoms with van der Waals surface area (Å²) < 4.78 is 5.71. The van der Waals surface area contributed by atoms with E-state index in [2.05, 4.69) is 17.2 Å². The van der Waals surface area contributed by atoms with Crippen molar-refractivity contribution in [2.75, 3.05) is 11.9 Å². The molecule has 1 aromatic heterocycles. The molecule has 0 aliphatic heterocycles. The van der Waals surface area contributed by atoms with E-state index in [0.29, 0.717) is 6.61 Å². The van der Waals surface area contributed by atoms with E-state index in [1.54, 1.807) is 6.20 Å². The summed E-state index contributed by atoms with van der Waals surface area (Å²) in [5.41, 5.74) is 1.96. The minimum absolute atomic E-state index is 0.0527. The first-order valence-electron chi connectivity index (χ1n) is 6.83. The van der Waals surface area contributed by atoms with Gasteiger partial charge in [0.25, 0.3) is 0 Å². The Balaban J connectivity index is 1.92. The quantitative estimate of drug-likeness (QED) is 0.813. The van der Waals surface area contributed by atoms with Crippen LogP contribution in [0.5, 0.6) is 5.75 Å². The maximum atomic E-state index is 8.98. The molecule has 0 fully saturated rings. The first kappa shape index (κ1) is 14.3. The third-order valence-electron chi connectivity index (χ3n) is 2.89. The molecule has 4 nitrogen and oxygen atoms in total. The van der Waals surface area contributed by atoms with Gasteiger partial charge in [0.15, 0.2) is 0 Å². The van der Waals surface area contributed by atoms with Crippen LogP contribution in [0.4, 0.5) is 5.82 Å². The first-order chi connectivity index (χ1) is 9.81. The van der Waals surface area contributed by atoms with Crippen molar-refractivity contribution in [3.05, 3.63) is 53.7 Å². The van der Waals surface area contributed by atoms with Crippen LogP contribution in [0.1, 0.15) is 24.5 Å². The zero-order valence-corrected chi connectivity index (χ0v) is 11.7. The van der Waals surface area contributed by atoms with E-state index in [0.717, 1.165) is 35.7 Å². The van der Waals surface area contributed by atoms with E-state index in [-0.39, 0.29) is 6.61 Å². The van der Waals surface area contributed by atoms with Crippen molar-refractivity contribution in [3.8, 4) is 5.75 Å². The molecule has 0 saturated heterocycles. The average Bonchev–Trinajstić information content (AvgIpc) is 2.52. The third-order valence-corrected chi connectivity index (χ3v) is 2.89. The molecule has 4 heteroatoms. The van der Waals surface area contributed by atoms with Crippen molar-refractivity contribution >= 4 is 5.82 Å². The van der Waals surface area contributed by atoms with Crippen molar-refractivity contribution in [1.29, 1.82) is 0 Å². The van der Waals surface area contributed by atoms with Gasteiger partial charge in [-0.25, -0.2) is 4.98 Å². The number of pyridine rings is 1. The first-order valence-corrected chi connectivity index (χ1v) is 6.83. The van der Waals surface area contributed by atoms with Gasteiger partial charge in [0.2, 0.25) is 0 Å². The van der Waals surface area contributed by atoms with Gasteiger partial charge >= 0.3 is 0 Å². The van der Waals surface area contributed by atoms with E-state index in [4.69, 9.17) is 9.84 Å². The minimum Gasteiger partial charge on any atom is -0.489 e. The number of nitrogens with zero attached hydrogens (tertiary/aromatic N) is 1. The number of anilines is 1. The Morgan fingerprint density at radius 3 is 2.65 bits per heavy atom. The zero-order chi connectivity index (χ0) is 14.2. The number of aliphatic hydroxyl groups is 1. The standard InChI is InChI=1S/C16H20N2O2/c1-2-8-17-16-10-14(7-9-18-16)12-20-15-5-3-13(11-19)4-6-15/h3-7,9-10,19H,2,8,11-12H2,1H3,(H,17,18). The number of aliphatic hydroxyl groups excluding tert-OH is 1. The fourth-order valence-corrected chi connectivity index (χ4v) is 1.77. The number of benzene rings is 1. The summed E-state index contributed by atoms with van der Waals surface area (Å²) in [4.78, 5) is 4.26. The van der Waals surface area contributed by atoms with Crippen LogP contribution in [0.3, 0.4) is 0 Å². The summed E-state index contributed by atoms with van der Waals surface area (Å²) in [7, 11) is 0. The number of nitrogens with one attached hydrogen (secondary N) is 1. The second-order valence-corrected chi connectivity index (χ2v) is 4.57. The Hall–Kier alpha value is -2.07. The molecule has 0 atom stereocenters. The highest BCUT2D eigenvalue weighted by Gasteiger charge is 1.99. The smallest absolute Gasteiger partial charge is 0.126 e. The van der Waals surface area contributed by atoms with Crippen LogP contribution >= 0.6 is 0 Å². The van der Waals surface area contributed by atoms with Crippen LogP contribution in [-0.4, -0.2) is 16.6 Å². The van der Waals surface area contributed by atoms with Gasteiger partial charge in [-0.2, -0.15) is 0 Å². The summed E-state index contributed by atoms with van der Waals surface area (Å²) in [5, 5.41) is 12.2. The van der Waals surface area contributed by atoms with E-state index >= 15 is 0 Å². The van der Waals surface area contributed by atoms with Gasteiger partial charge in [-0.3, -0.25) is 0 Å². The number of aromatic nitrogens is 1. The average molecular weight is 272 g/mol. The summed E-state index contributed by atoms with van der Waals surface area (Å²) in [6.45, 7) is 3.59. The molecule has 0 bridgehead atoms. The molecular weight excluding hydrogens is 252 g/mol. The van der Waals surface area contributed by atoms with Gasteiger partial charge in [0.1, 0.15) is 18.2 Å². The second kappa shape index (κ2) is 7.50. The number of hydrogen-bond acceptors (Lipinski definition) is 4. The molecule has 0 amide bonds. The van der Waals surface area contributed by atoms with Gasteiger partial charge in [0.05, 0.1) is 6.61 Å². The van der Waals surface area contributed by atoms with Crippen LogP contribution in [0, 0.1) is 0 Å². The molecule has 0 spiro atoms. The molecule has 20 heavy (non-hydrogen) atoms. The lowest BCUT2D eigenvalue weighted by Gasteiger charge is -2.09. The Morgan fingerprint density at radius 2 is 1.95 bits per heavy atom. The molecule has 2 N–H and O–H groups in total. The van der Waals surface area contributed by atoms with Gasteiger partial charge in [-0.05, 0) is 41.8 Å². The highest BCUT2D eigenvalue weighted by Crippen LogP contribution is 2.15. The van der Waals surface area contributed by atoms with Crippen LogP contribution < -0.4 is 10.1 Å². The fourth-order valence-electron chi connectivity index (χ4n) is 1.77. The van der Waals surface area contributed by atoms with Crippen LogP contribution in [0.15, 0.2) is 42.6 Å². The van der Waals surface area contributed by atoms with E-state index in [9.17, 15) is 0 Å². The molecule has 0 aliphatic carbocycles. The van der Waals surface area contributed by atoms with Crippen molar-refractivity contribution in [2.24, 2.45) is 0 Å². The summed E-state index contributed by atoms with van der Waals surface area (Å²) in [6, 6.07) is 11.4. The van der Waals surface area contributed by atoms with E-state index in [1.165, 1.54) is 0 Å². The zero-order valence-electron chi connectivity index (χ0n) is 11.7. The molecule has 2 aromatic rings. The Morgan fingerprint density at radius 1 is 1.15 bits per heavy atom. The van der Waals surface area contributed by atoms with Crippen LogP contribution in [-0.2, 0) is 13.2 Å². The maximum absolute atomic E-state index is 8.98. The van der Waals surface area contributed by atoms with Crippen molar-refractivity contribution in [1.82, 2.24) is 4.98 Å².